The van der Waals surface area contributed by atoms with E-state index in [9.17, 15) is 0 Å². The third-order valence-corrected chi connectivity index (χ3v) is 3.32. The highest BCUT2D eigenvalue weighted by molar-refractivity contribution is 4.79. The topological polar surface area (TPSA) is 24.5 Å². The van der Waals surface area contributed by atoms with Crippen molar-refractivity contribution in [2.24, 2.45) is 5.92 Å². The van der Waals surface area contributed by atoms with Crippen molar-refractivity contribution in [3.63, 3.8) is 0 Å². The molecule has 1 heterocycles. The Hall–Kier alpha value is -0.120. The Balaban J connectivity index is 2.18. The van der Waals surface area contributed by atoms with E-state index in [1.807, 2.05) is 0 Å². The van der Waals surface area contributed by atoms with Gasteiger partial charge in [-0.15, -0.1) is 0 Å². The van der Waals surface area contributed by atoms with E-state index >= 15 is 0 Å². The van der Waals surface area contributed by atoms with Crippen LogP contribution in [0.5, 0.6) is 0 Å². The van der Waals surface area contributed by atoms with Gasteiger partial charge in [0.05, 0.1) is 6.61 Å². The Kier molecular flexibility index (Phi) is 7.09. The summed E-state index contributed by atoms with van der Waals surface area (Å²) >= 11 is 0. The zero-order valence-corrected chi connectivity index (χ0v) is 12.0. The van der Waals surface area contributed by atoms with Crippen LogP contribution >= 0.6 is 0 Å². The minimum atomic E-state index is 0.611. The van der Waals surface area contributed by atoms with Crippen molar-refractivity contribution in [3.05, 3.63) is 0 Å². The van der Waals surface area contributed by atoms with Gasteiger partial charge in [-0.05, 0) is 39.2 Å². The van der Waals surface area contributed by atoms with Crippen LogP contribution in [0, 0.1) is 5.92 Å². The quantitative estimate of drug-likeness (QED) is 0.660. The van der Waals surface area contributed by atoms with E-state index in [1.54, 1.807) is 0 Å². The number of hydrogen-bond acceptors (Lipinski definition) is 3. The molecule has 3 nitrogen and oxygen atoms in total. The number of rotatable bonds is 8. The molecule has 17 heavy (non-hydrogen) atoms. The highest BCUT2D eigenvalue weighted by Gasteiger charge is 2.19. The van der Waals surface area contributed by atoms with E-state index in [4.69, 9.17) is 4.74 Å². The van der Waals surface area contributed by atoms with Crippen LogP contribution < -0.4 is 5.32 Å². The maximum atomic E-state index is 5.68. The fraction of sp³-hybridized carbons (Fsp3) is 1.00. The summed E-state index contributed by atoms with van der Waals surface area (Å²) in [4.78, 5) is 2.53. The lowest BCUT2D eigenvalue weighted by Gasteiger charge is -2.29. The standard InChI is InChI=1S/C14H30N2O/c1-12(2)11-17-9-8-16(13(3)4)10-14-6-5-7-15-14/h12-15H,5-11H2,1-4H3. The summed E-state index contributed by atoms with van der Waals surface area (Å²) in [6.07, 6.45) is 2.66. The second-order valence-electron chi connectivity index (χ2n) is 5.85. The lowest BCUT2D eigenvalue weighted by molar-refractivity contribution is 0.0738. The van der Waals surface area contributed by atoms with Crippen molar-refractivity contribution >= 4 is 0 Å². The monoisotopic (exact) mass is 242 g/mol. The van der Waals surface area contributed by atoms with Gasteiger partial charge in [0.25, 0.3) is 0 Å². The highest BCUT2D eigenvalue weighted by atomic mass is 16.5. The van der Waals surface area contributed by atoms with Gasteiger partial charge in [0.15, 0.2) is 0 Å². The Morgan fingerprint density at radius 1 is 1.29 bits per heavy atom. The van der Waals surface area contributed by atoms with Gasteiger partial charge in [0.2, 0.25) is 0 Å². The molecular formula is C14H30N2O. The molecule has 1 fully saturated rings. The Labute approximate surface area is 107 Å². The predicted octanol–water partition coefficient (Wildman–Crippen LogP) is 2.12. The molecule has 0 aromatic heterocycles. The molecular weight excluding hydrogens is 212 g/mol. The summed E-state index contributed by atoms with van der Waals surface area (Å²) in [6, 6.07) is 1.31. The van der Waals surface area contributed by atoms with Gasteiger partial charge < -0.3 is 10.1 Å². The van der Waals surface area contributed by atoms with Crippen LogP contribution in [0.2, 0.25) is 0 Å². The van der Waals surface area contributed by atoms with E-state index in [1.165, 1.54) is 25.9 Å². The van der Waals surface area contributed by atoms with Crippen LogP contribution in [-0.2, 0) is 4.74 Å². The zero-order chi connectivity index (χ0) is 12.7. The van der Waals surface area contributed by atoms with Crippen molar-refractivity contribution in [2.75, 3.05) is 32.8 Å². The van der Waals surface area contributed by atoms with Gasteiger partial charge in [0, 0.05) is 31.8 Å². The molecule has 0 radical (unpaired) electrons. The molecule has 0 aromatic rings. The second kappa shape index (κ2) is 8.06. The summed E-state index contributed by atoms with van der Waals surface area (Å²) < 4.78 is 5.68. The van der Waals surface area contributed by atoms with Crippen LogP contribution in [-0.4, -0.2) is 49.8 Å². The number of ether oxygens (including phenoxy) is 1. The van der Waals surface area contributed by atoms with E-state index in [0.29, 0.717) is 18.0 Å². The summed E-state index contributed by atoms with van der Waals surface area (Å²) in [5.41, 5.74) is 0. The minimum Gasteiger partial charge on any atom is -0.380 e. The third-order valence-electron chi connectivity index (χ3n) is 3.32. The fourth-order valence-corrected chi connectivity index (χ4v) is 2.26. The van der Waals surface area contributed by atoms with Gasteiger partial charge in [-0.2, -0.15) is 0 Å². The van der Waals surface area contributed by atoms with E-state index in [-0.39, 0.29) is 0 Å². The minimum absolute atomic E-state index is 0.611. The summed E-state index contributed by atoms with van der Waals surface area (Å²) in [6.45, 7) is 14.1. The first-order valence-electron chi connectivity index (χ1n) is 7.14. The van der Waals surface area contributed by atoms with Crippen LogP contribution in [0.25, 0.3) is 0 Å². The molecule has 0 saturated carbocycles. The highest BCUT2D eigenvalue weighted by Crippen LogP contribution is 2.09. The van der Waals surface area contributed by atoms with Crippen molar-refractivity contribution in [1.82, 2.24) is 10.2 Å². The molecule has 1 unspecified atom stereocenters. The molecule has 1 rings (SSSR count). The van der Waals surface area contributed by atoms with Crippen LogP contribution in [0.1, 0.15) is 40.5 Å². The Morgan fingerprint density at radius 2 is 2.06 bits per heavy atom. The number of nitrogens with one attached hydrogen (secondary N) is 1. The maximum Gasteiger partial charge on any atom is 0.0593 e. The van der Waals surface area contributed by atoms with Gasteiger partial charge in [-0.25, -0.2) is 0 Å². The van der Waals surface area contributed by atoms with Crippen molar-refractivity contribution < 1.29 is 4.74 Å². The Morgan fingerprint density at radius 3 is 2.59 bits per heavy atom. The van der Waals surface area contributed by atoms with Gasteiger partial charge >= 0.3 is 0 Å². The predicted molar refractivity (Wildman–Crippen MR) is 73.4 cm³/mol. The average Bonchev–Trinajstić information content (AvgIpc) is 2.74. The maximum absolute atomic E-state index is 5.68. The largest absolute Gasteiger partial charge is 0.380 e. The molecule has 1 atom stereocenters. The van der Waals surface area contributed by atoms with E-state index < -0.39 is 0 Å². The summed E-state index contributed by atoms with van der Waals surface area (Å²) in [5, 5.41) is 3.57. The normalized spacial score (nSPS) is 21.0. The molecule has 0 bridgehead atoms. The molecule has 1 aliphatic heterocycles. The Bertz CT molecular complexity index is 189. The first kappa shape index (κ1) is 14.9. The summed E-state index contributed by atoms with van der Waals surface area (Å²) in [5.74, 6) is 0.638. The molecule has 1 N–H and O–H groups in total. The molecule has 0 amide bonds. The number of hydrogen-bond donors (Lipinski definition) is 1. The molecule has 0 aromatic carbocycles. The second-order valence-corrected chi connectivity index (χ2v) is 5.85. The summed E-state index contributed by atoms with van der Waals surface area (Å²) in [7, 11) is 0. The van der Waals surface area contributed by atoms with Crippen LogP contribution in [0.4, 0.5) is 0 Å². The van der Waals surface area contributed by atoms with Gasteiger partial charge in [-0.3, -0.25) is 4.90 Å². The van der Waals surface area contributed by atoms with E-state index in [2.05, 4.69) is 37.9 Å². The van der Waals surface area contributed by atoms with Gasteiger partial charge in [-0.1, -0.05) is 13.8 Å². The van der Waals surface area contributed by atoms with Crippen molar-refractivity contribution in [1.29, 1.82) is 0 Å². The van der Waals surface area contributed by atoms with Crippen molar-refractivity contribution in [3.8, 4) is 0 Å². The SMILES string of the molecule is CC(C)COCCN(CC1CCCN1)C(C)C. The number of nitrogens with zero attached hydrogens (tertiary/aromatic N) is 1. The smallest absolute Gasteiger partial charge is 0.0593 e. The average molecular weight is 242 g/mol. The first-order valence-corrected chi connectivity index (χ1v) is 7.14. The van der Waals surface area contributed by atoms with Crippen LogP contribution in [0.15, 0.2) is 0 Å². The molecule has 102 valence electrons. The van der Waals surface area contributed by atoms with Gasteiger partial charge in [0.1, 0.15) is 0 Å². The first-order chi connectivity index (χ1) is 8.09. The molecule has 0 spiro atoms. The van der Waals surface area contributed by atoms with E-state index in [0.717, 1.165) is 19.8 Å². The zero-order valence-electron chi connectivity index (χ0n) is 12.0. The lowest BCUT2D eigenvalue weighted by atomic mass is 10.2. The van der Waals surface area contributed by atoms with Crippen LogP contribution in [0.3, 0.4) is 0 Å². The molecule has 1 aliphatic rings. The molecule has 0 aliphatic carbocycles. The van der Waals surface area contributed by atoms with Crippen molar-refractivity contribution in [2.45, 2.75) is 52.6 Å². The molecule has 3 heteroatoms. The molecule has 1 saturated heterocycles. The lowest BCUT2D eigenvalue weighted by Crippen LogP contribution is -2.42. The fourth-order valence-electron chi connectivity index (χ4n) is 2.26. The third kappa shape index (κ3) is 6.39.